The number of nitrogens with zero attached hydrogens (tertiary/aromatic N) is 1. The van der Waals surface area contributed by atoms with Crippen molar-refractivity contribution < 1.29 is 34.0 Å². The van der Waals surface area contributed by atoms with Crippen LogP contribution in [0.25, 0.3) is 0 Å². The second kappa shape index (κ2) is 13.9. The molecule has 0 saturated carbocycles. The lowest BCUT2D eigenvalue weighted by Gasteiger charge is -2.38. The van der Waals surface area contributed by atoms with Crippen LogP contribution in [0.5, 0.6) is 5.88 Å². The SMILES string of the molecule is CCCCNC(=O)CCCc1ccc(Cc2c(OC3OC(CO)C(F)C(O)C3O)n[nH]c2C(C)C)cc1. The van der Waals surface area contributed by atoms with Gasteiger partial charge in [-0.1, -0.05) is 51.5 Å². The highest BCUT2D eigenvalue weighted by atomic mass is 19.1. The second-order valence-corrected chi connectivity index (χ2v) is 9.89. The van der Waals surface area contributed by atoms with Crippen molar-refractivity contribution in [1.29, 1.82) is 0 Å². The predicted molar refractivity (Wildman–Crippen MR) is 136 cm³/mol. The lowest BCUT2D eigenvalue weighted by atomic mass is 9.98. The number of hydrogen-bond acceptors (Lipinski definition) is 7. The number of rotatable bonds is 13. The van der Waals surface area contributed by atoms with Crippen molar-refractivity contribution in [2.75, 3.05) is 13.2 Å². The smallest absolute Gasteiger partial charge is 0.238 e. The van der Waals surface area contributed by atoms with E-state index in [-0.39, 0.29) is 17.7 Å². The van der Waals surface area contributed by atoms with Crippen molar-refractivity contribution in [3.05, 3.63) is 46.6 Å². The molecule has 0 bridgehead atoms. The van der Waals surface area contributed by atoms with Gasteiger partial charge in [-0.3, -0.25) is 9.89 Å². The molecule has 206 valence electrons. The molecule has 3 rings (SSSR count). The molecular weight excluding hydrogens is 481 g/mol. The molecule has 9 nitrogen and oxygen atoms in total. The highest BCUT2D eigenvalue weighted by Crippen LogP contribution is 2.31. The molecule has 5 atom stereocenters. The summed E-state index contributed by atoms with van der Waals surface area (Å²) in [4.78, 5) is 11.9. The number of ether oxygens (including phenoxy) is 2. The van der Waals surface area contributed by atoms with E-state index < -0.39 is 37.4 Å². The maximum atomic E-state index is 14.1. The number of hydrogen-bond donors (Lipinski definition) is 5. The molecule has 2 aromatic rings. The quantitative estimate of drug-likeness (QED) is 0.256. The number of benzene rings is 1. The van der Waals surface area contributed by atoms with E-state index in [1.807, 2.05) is 38.1 Å². The molecule has 0 spiro atoms. The Morgan fingerprint density at radius 1 is 1.19 bits per heavy atom. The highest BCUT2D eigenvalue weighted by molar-refractivity contribution is 5.75. The summed E-state index contributed by atoms with van der Waals surface area (Å²) in [5, 5.41) is 39.8. The number of aliphatic hydroxyl groups is 3. The number of halogens is 1. The van der Waals surface area contributed by atoms with Gasteiger partial charge in [0.05, 0.1) is 6.61 Å². The topological polar surface area (TPSA) is 137 Å². The second-order valence-electron chi connectivity index (χ2n) is 9.89. The number of aromatic amines is 1. The Morgan fingerprint density at radius 3 is 2.54 bits per heavy atom. The molecule has 1 aromatic heterocycles. The van der Waals surface area contributed by atoms with Crippen LogP contribution < -0.4 is 10.1 Å². The molecule has 1 saturated heterocycles. The number of amides is 1. The number of aryl methyl sites for hydroxylation is 1. The number of aromatic nitrogens is 2. The highest BCUT2D eigenvalue weighted by Gasteiger charge is 2.46. The molecular formula is C27H40FN3O6. The molecule has 1 fully saturated rings. The molecule has 1 aliphatic rings. The normalized spacial score (nSPS) is 23.8. The minimum absolute atomic E-state index is 0.0886. The average Bonchev–Trinajstić information content (AvgIpc) is 3.27. The van der Waals surface area contributed by atoms with Crippen LogP contribution in [0.2, 0.25) is 0 Å². The Hall–Kier alpha value is -2.53. The summed E-state index contributed by atoms with van der Waals surface area (Å²) in [6.45, 7) is 6.18. The standard InChI is InChI=1S/C27H40FN3O6/c1-4-5-13-29-21(33)8-6-7-17-9-11-18(12-10-17)14-19-23(16(2)3)30-31-26(19)37-27-25(35)24(34)22(28)20(15-32)36-27/h9-12,16,20,22,24-25,27,32,34-35H,4-8,13-15H2,1-3H3,(H,29,33)(H,30,31). The number of carbonyl (C=O) groups excluding carboxylic acids is 1. The van der Waals surface area contributed by atoms with Gasteiger partial charge in [-0.05, 0) is 36.3 Å². The first-order valence-electron chi connectivity index (χ1n) is 13.1. The zero-order chi connectivity index (χ0) is 26.9. The van der Waals surface area contributed by atoms with Crippen LogP contribution in [0.1, 0.15) is 74.8 Å². The zero-order valence-electron chi connectivity index (χ0n) is 21.8. The average molecular weight is 522 g/mol. The fraction of sp³-hybridized carbons (Fsp3) is 0.630. The van der Waals surface area contributed by atoms with Gasteiger partial charge < -0.3 is 30.1 Å². The maximum absolute atomic E-state index is 14.1. The number of unbranched alkanes of at least 4 members (excludes halogenated alkanes) is 1. The predicted octanol–water partition coefficient (Wildman–Crippen LogP) is 2.52. The fourth-order valence-electron chi connectivity index (χ4n) is 4.33. The third-order valence-corrected chi connectivity index (χ3v) is 6.59. The van der Waals surface area contributed by atoms with E-state index >= 15 is 0 Å². The van der Waals surface area contributed by atoms with Gasteiger partial charge >= 0.3 is 0 Å². The van der Waals surface area contributed by atoms with Gasteiger partial charge in [-0.25, -0.2) is 4.39 Å². The summed E-state index contributed by atoms with van der Waals surface area (Å²) in [6, 6.07) is 8.11. The van der Waals surface area contributed by atoms with Crippen molar-refractivity contribution in [1.82, 2.24) is 15.5 Å². The summed E-state index contributed by atoms with van der Waals surface area (Å²) in [5.74, 6) is 0.378. The third-order valence-electron chi connectivity index (χ3n) is 6.59. The zero-order valence-corrected chi connectivity index (χ0v) is 21.8. The molecule has 1 aromatic carbocycles. The molecule has 0 radical (unpaired) electrons. The first-order chi connectivity index (χ1) is 17.7. The molecule has 10 heteroatoms. The van der Waals surface area contributed by atoms with E-state index in [9.17, 15) is 24.5 Å². The van der Waals surface area contributed by atoms with Crippen LogP contribution in [0, 0.1) is 0 Å². The maximum Gasteiger partial charge on any atom is 0.238 e. The van der Waals surface area contributed by atoms with Crippen LogP contribution in [0.15, 0.2) is 24.3 Å². The molecule has 1 aliphatic heterocycles. The molecule has 1 amide bonds. The summed E-state index contributed by atoms with van der Waals surface area (Å²) < 4.78 is 25.3. The number of aliphatic hydroxyl groups excluding tert-OH is 3. The Labute approximate surface area is 217 Å². The minimum atomic E-state index is -1.93. The lowest BCUT2D eigenvalue weighted by Crippen LogP contribution is -2.58. The molecule has 0 aliphatic carbocycles. The van der Waals surface area contributed by atoms with Crippen molar-refractivity contribution in [2.24, 2.45) is 0 Å². The van der Waals surface area contributed by atoms with Gasteiger partial charge in [0, 0.05) is 30.6 Å². The van der Waals surface area contributed by atoms with Crippen molar-refractivity contribution in [2.45, 2.75) is 96.0 Å². The Kier molecular flexibility index (Phi) is 10.9. The van der Waals surface area contributed by atoms with Crippen LogP contribution in [0.3, 0.4) is 0 Å². The number of carbonyl (C=O) groups is 1. The van der Waals surface area contributed by atoms with Gasteiger partial charge in [-0.15, -0.1) is 5.10 Å². The molecule has 37 heavy (non-hydrogen) atoms. The molecule has 2 heterocycles. The lowest BCUT2D eigenvalue weighted by molar-refractivity contribution is -0.265. The van der Waals surface area contributed by atoms with Gasteiger partial charge in [0.2, 0.25) is 18.1 Å². The van der Waals surface area contributed by atoms with Crippen molar-refractivity contribution in [3.8, 4) is 5.88 Å². The van der Waals surface area contributed by atoms with Gasteiger partial charge in [0.1, 0.15) is 18.3 Å². The van der Waals surface area contributed by atoms with E-state index in [2.05, 4.69) is 22.4 Å². The van der Waals surface area contributed by atoms with Crippen LogP contribution in [0.4, 0.5) is 4.39 Å². The van der Waals surface area contributed by atoms with E-state index in [1.54, 1.807) is 0 Å². The van der Waals surface area contributed by atoms with Crippen molar-refractivity contribution in [3.63, 3.8) is 0 Å². The first-order valence-corrected chi connectivity index (χ1v) is 13.1. The molecule has 5 unspecified atom stereocenters. The monoisotopic (exact) mass is 521 g/mol. The Morgan fingerprint density at radius 2 is 1.89 bits per heavy atom. The molecule has 5 N–H and O–H groups in total. The van der Waals surface area contributed by atoms with Gasteiger partial charge in [0.15, 0.2) is 6.17 Å². The van der Waals surface area contributed by atoms with Crippen LogP contribution in [-0.2, 0) is 22.4 Å². The van der Waals surface area contributed by atoms with E-state index in [0.717, 1.165) is 54.6 Å². The van der Waals surface area contributed by atoms with E-state index in [1.165, 1.54) is 0 Å². The number of nitrogens with one attached hydrogen (secondary N) is 2. The van der Waals surface area contributed by atoms with E-state index in [4.69, 9.17) is 9.47 Å². The summed E-state index contributed by atoms with van der Waals surface area (Å²) in [5.41, 5.74) is 3.76. The van der Waals surface area contributed by atoms with E-state index in [0.29, 0.717) is 12.8 Å². The summed E-state index contributed by atoms with van der Waals surface area (Å²) in [6.07, 6.45) is -3.41. The van der Waals surface area contributed by atoms with Gasteiger partial charge in [0.25, 0.3) is 0 Å². The fourth-order valence-corrected chi connectivity index (χ4v) is 4.33. The minimum Gasteiger partial charge on any atom is -0.443 e. The third kappa shape index (κ3) is 7.73. The van der Waals surface area contributed by atoms with Gasteiger partial charge in [-0.2, -0.15) is 0 Å². The largest absolute Gasteiger partial charge is 0.443 e. The number of alkyl halides is 1. The van der Waals surface area contributed by atoms with Crippen LogP contribution >= 0.6 is 0 Å². The summed E-state index contributed by atoms with van der Waals surface area (Å²) >= 11 is 0. The number of H-pyrrole nitrogens is 1. The summed E-state index contributed by atoms with van der Waals surface area (Å²) in [7, 11) is 0. The Balaban J connectivity index is 1.64. The first kappa shape index (κ1) is 29.0. The van der Waals surface area contributed by atoms with Crippen molar-refractivity contribution >= 4 is 5.91 Å². The Bertz CT molecular complexity index is 981. The van der Waals surface area contributed by atoms with Crippen LogP contribution in [-0.4, -0.2) is 75.3 Å².